The molecule has 0 saturated heterocycles. The van der Waals surface area contributed by atoms with Crippen molar-refractivity contribution in [1.29, 1.82) is 0 Å². The van der Waals surface area contributed by atoms with Gasteiger partial charge in [0.2, 0.25) is 0 Å². The van der Waals surface area contributed by atoms with Crippen molar-refractivity contribution < 1.29 is 14.2 Å². The Morgan fingerprint density at radius 3 is 2.35 bits per heavy atom. The van der Waals surface area contributed by atoms with Crippen molar-refractivity contribution in [3.05, 3.63) is 0 Å². The van der Waals surface area contributed by atoms with Crippen LogP contribution < -0.4 is 5.32 Å². The second-order valence-corrected chi connectivity index (χ2v) is 4.00. The average molecular weight is 248 g/mol. The highest BCUT2D eigenvalue weighted by Crippen LogP contribution is 1.83. The summed E-state index contributed by atoms with van der Waals surface area (Å²) >= 11 is 0. The van der Waals surface area contributed by atoms with Crippen LogP contribution in [0.4, 0.5) is 0 Å². The number of nitrogens with one attached hydrogen (secondary N) is 1. The summed E-state index contributed by atoms with van der Waals surface area (Å²) in [5.74, 6) is 0. The largest absolute Gasteiger partial charge is 0.385 e. The Balaban J connectivity index is 3.02. The van der Waals surface area contributed by atoms with Gasteiger partial charge in [-0.15, -0.1) is 0 Å². The number of rotatable bonds is 13. The van der Waals surface area contributed by atoms with E-state index < -0.39 is 0 Å². The normalized spacial score (nSPS) is 11.3. The van der Waals surface area contributed by atoms with Crippen molar-refractivity contribution in [1.82, 2.24) is 10.2 Å². The molecule has 0 aliphatic rings. The molecular formula is C12H28N2O3. The van der Waals surface area contributed by atoms with Gasteiger partial charge in [-0.2, -0.15) is 0 Å². The molecule has 17 heavy (non-hydrogen) atoms. The van der Waals surface area contributed by atoms with Gasteiger partial charge in [-0.3, -0.25) is 0 Å². The molecule has 0 heterocycles. The van der Waals surface area contributed by atoms with Gasteiger partial charge in [0.25, 0.3) is 0 Å². The Morgan fingerprint density at radius 1 is 0.882 bits per heavy atom. The molecular weight excluding hydrogens is 220 g/mol. The Labute approximate surface area is 105 Å². The van der Waals surface area contributed by atoms with Crippen molar-refractivity contribution in [3.63, 3.8) is 0 Å². The zero-order valence-electron chi connectivity index (χ0n) is 11.5. The molecule has 0 aromatic carbocycles. The number of nitrogens with zero attached hydrogens (tertiary/aromatic N) is 1. The number of hydrogen-bond acceptors (Lipinski definition) is 5. The zero-order valence-corrected chi connectivity index (χ0v) is 11.5. The summed E-state index contributed by atoms with van der Waals surface area (Å²) in [4.78, 5) is 2.25. The molecule has 0 amide bonds. The van der Waals surface area contributed by atoms with Crippen LogP contribution in [-0.4, -0.2) is 78.8 Å². The van der Waals surface area contributed by atoms with Crippen LogP contribution in [-0.2, 0) is 14.2 Å². The minimum atomic E-state index is 0.769. The molecule has 0 radical (unpaired) electrons. The minimum Gasteiger partial charge on any atom is -0.385 e. The van der Waals surface area contributed by atoms with Gasteiger partial charge in [-0.05, 0) is 13.5 Å². The maximum absolute atomic E-state index is 5.43. The summed E-state index contributed by atoms with van der Waals surface area (Å²) < 4.78 is 15.4. The third-order valence-corrected chi connectivity index (χ3v) is 2.41. The standard InChI is InChI=1S/C12H28N2O3/c1-14(8-12-16-3)7-5-13-6-11-17-10-4-9-15-2/h13H,4-12H2,1-3H3. The molecule has 0 saturated carbocycles. The molecule has 5 nitrogen and oxygen atoms in total. The highest BCUT2D eigenvalue weighted by molar-refractivity contribution is 4.54. The van der Waals surface area contributed by atoms with Crippen LogP contribution in [0.3, 0.4) is 0 Å². The number of ether oxygens (including phenoxy) is 3. The molecule has 0 fully saturated rings. The van der Waals surface area contributed by atoms with Crippen LogP contribution in [0.5, 0.6) is 0 Å². The summed E-state index contributed by atoms with van der Waals surface area (Å²) in [6, 6.07) is 0. The number of likely N-dealkylation sites (N-methyl/N-ethyl adjacent to an activating group) is 1. The first-order chi connectivity index (χ1) is 8.31. The van der Waals surface area contributed by atoms with Gasteiger partial charge in [0, 0.05) is 53.6 Å². The molecule has 0 aromatic rings. The zero-order chi connectivity index (χ0) is 12.8. The predicted octanol–water partition coefficient (Wildman–Crippen LogP) is 0.207. The van der Waals surface area contributed by atoms with E-state index in [0.29, 0.717) is 0 Å². The van der Waals surface area contributed by atoms with E-state index in [1.54, 1.807) is 14.2 Å². The van der Waals surface area contributed by atoms with Crippen LogP contribution in [0, 0.1) is 0 Å². The third-order valence-electron chi connectivity index (χ3n) is 2.41. The average Bonchev–Trinajstić information content (AvgIpc) is 2.34. The Hall–Kier alpha value is -0.200. The maximum Gasteiger partial charge on any atom is 0.0590 e. The van der Waals surface area contributed by atoms with Crippen LogP contribution in [0.1, 0.15) is 6.42 Å². The third kappa shape index (κ3) is 13.7. The molecule has 0 atom stereocenters. The lowest BCUT2D eigenvalue weighted by atomic mass is 10.5. The summed E-state index contributed by atoms with van der Waals surface area (Å²) in [7, 11) is 5.54. The van der Waals surface area contributed by atoms with Gasteiger partial charge in [0.1, 0.15) is 0 Å². The quantitative estimate of drug-likeness (QED) is 0.472. The fourth-order valence-corrected chi connectivity index (χ4v) is 1.31. The van der Waals surface area contributed by atoms with Gasteiger partial charge in [0.05, 0.1) is 13.2 Å². The molecule has 0 rings (SSSR count). The molecule has 0 unspecified atom stereocenters. The van der Waals surface area contributed by atoms with Crippen LogP contribution >= 0.6 is 0 Å². The summed E-state index contributed by atoms with van der Waals surface area (Å²) in [6.07, 6.45) is 0.969. The Bertz CT molecular complexity index is 148. The van der Waals surface area contributed by atoms with Gasteiger partial charge in [-0.1, -0.05) is 0 Å². The molecule has 104 valence electrons. The van der Waals surface area contributed by atoms with E-state index in [0.717, 1.165) is 59.0 Å². The van der Waals surface area contributed by atoms with Gasteiger partial charge in [-0.25, -0.2) is 0 Å². The molecule has 5 heteroatoms. The fourth-order valence-electron chi connectivity index (χ4n) is 1.31. The second-order valence-electron chi connectivity index (χ2n) is 4.00. The van der Waals surface area contributed by atoms with Crippen LogP contribution in [0.25, 0.3) is 0 Å². The highest BCUT2D eigenvalue weighted by atomic mass is 16.5. The van der Waals surface area contributed by atoms with E-state index >= 15 is 0 Å². The van der Waals surface area contributed by atoms with Crippen LogP contribution in [0.2, 0.25) is 0 Å². The lowest BCUT2D eigenvalue weighted by Gasteiger charge is -2.16. The topological polar surface area (TPSA) is 43.0 Å². The summed E-state index contributed by atoms with van der Waals surface area (Å²) in [5, 5.41) is 3.34. The van der Waals surface area contributed by atoms with E-state index in [1.807, 2.05) is 0 Å². The first-order valence-electron chi connectivity index (χ1n) is 6.26. The summed E-state index contributed by atoms with van der Waals surface area (Å²) in [5.41, 5.74) is 0. The molecule has 1 N–H and O–H groups in total. The van der Waals surface area contributed by atoms with E-state index in [9.17, 15) is 0 Å². The molecule has 0 aliphatic heterocycles. The van der Waals surface area contributed by atoms with Crippen LogP contribution in [0.15, 0.2) is 0 Å². The van der Waals surface area contributed by atoms with Gasteiger partial charge < -0.3 is 24.4 Å². The van der Waals surface area contributed by atoms with Crippen molar-refractivity contribution in [2.75, 3.05) is 73.9 Å². The second kappa shape index (κ2) is 13.9. The maximum atomic E-state index is 5.43. The molecule has 0 aliphatic carbocycles. The minimum absolute atomic E-state index is 0.769. The molecule has 0 aromatic heterocycles. The van der Waals surface area contributed by atoms with Crippen molar-refractivity contribution >= 4 is 0 Å². The lowest BCUT2D eigenvalue weighted by molar-refractivity contribution is 0.104. The molecule has 0 bridgehead atoms. The monoisotopic (exact) mass is 248 g/mol. The van der Waals surface area contributed by atoms with Crippen molar-refractivity contribution in [2.45, 2.75) is 6.42 Å². The lowest BCUT2D eigenvalue weighted by Crippen LogP contribution is -2.32. The Kier molecular flexibility index (Phi) is 13.7. The van der Waals surface area contributed by atoms with Gasteiger partial charge >= 0.3 is 0 Å². The van der Waals surface area contributed by atoms with Gasteiger partial charge in [0.15, 0.2) is 0 Å². The summed E-state index contributed by atoms with van der Waals surface area (Å²) in [6.45, 7) is 7.02. The number of methoxy groups -OCH3 is 2. The number of hydrogen-bond donors (Lipinski definition) is 1. The SMILES string of the molecule is COCCCOCCNCCN(C)CCOC. The smallest absolute Gasteiger partial charge is 0.0590 e. The van der Waals surface area contributed by atoms with E-state index in [1.165, 1.54) is 0 Å². The molecule has 0 spiro atoms. The van der Waals surface area contributed by atoms with Crippen molar-refractivity contribution in [3.8, 4) is 0 Å². The fraction of sp³-hybridized carbons (Fsp3) is 1.00. The van der Waals surface area contributed by atoms with E-state index in [4.69, 9.17) is 14.2 Å². The van der Waals surface area contributed by atoms with E-state index in [2.05, 4.69) is 17.3 Å². The Morgan fingerprint density at radius 2 is 1.65 bits per heavy atom. The highest BCUT2D eigenvalue weighted by Gasteiger charge is 1.96. The first-order valence-corrected chi connectivity index (χ1v) is 6.26. The predicted molar refractivity (Wildman–Crippen MR) is 69.6 cm³/mol. The first kappa shape index (κ1) is 16.8. The van der Waals surface area contributed by atoms with Crippen molar-refractivity contribution in [2.24, 2.45) is 0 Å². The van der Waals surface area contributed by atoms with E-state index in [-0.39, 0.29) is 0 Å².